The van der Waals surface area contributed by atoms with E-state index < -0.39 is 0 Å². The minimum absolute atomic E-state index is 0.312. The summed E-state index contributed by atoms with van der Waals surface area (Å²) in [6.45, 7) is 13.5. The molecule has 0 aromatic rings. The van der Waals surface area contributed by atoms with E-state index in [9.17, 15) is 9.59 Å². The lowest BCUT2D eigenvalue weighted by Crippen LogP contribution is -2.24. The molecule has 0 aliphatic rings. The molecule has 1 amide bonds. The molecule has 0 fully saturated rings. The number of carbonyl (C=O) groups excluding carboxylic acids is 2. The molecule has 0 rings (SSSR count). The SMILES string of the molecule is C=C(C)C(=O)NCO.C=CC#N.C=CC(=O)OCCCC. The lowest BCUT2D eigenvalue weighted by atomic mass is 10.3. The van der Waals surface area contributed by atoms with Crippen LogP contribution in [0.5, 0.6) is 0 Å². The van der Waals surface area contributed by atoms with Gasteiger partial charge in [-0.1, -0.05) is 33.1 Å². The molecular formula is C15H24N2O4. The highest BCUT2D eigenvalue weighted by Gasteiger charge is 1.95. The molecule has 0 aliphatic heterocycles. The average molecular weight is 296 g/mol. The van der Waals surface area contributed by atoms with Crippen molar-refractivity contribution in [1.82, 2.24) is 5.32 Å². The van der Waals surface area contributed by atoms with Gasteiger partial charge in [0.25, 0.3) is 0 Å². The van der Waals surface area contributed by atoms with Crippen molar-refractivity contribution < 1.29 is 19.4 Å². The molecule has 0 atom stereocenters. The van der Waals surface area contributed by atoms with E-state index in [0.717, 1.165) is 12.8 Å². The fourth-order valence-electron chi connectivity index (χ4n) is 0.599. The molecule has 6 nitrogen and oxygen atoms in total. The number of aliphatic hydroxyl groups excluding tert-OH is 1. The predicted molar refractivity (Wildman–Crippen MR) is 81.9 cm³/mol. The lowest BCUT2D eigenvalue weighted by Gasteiger charge is -1.97. The van der Waals surface area contributed by atoms with Gasteiger partial charge in [-0.2, -0.15) is 5.26 Å². The Balaban J connectivity index is -0.000000249. The van der Waals surface area contributed by atoms with Crippen molar-refractivity contribution in [2.75, 3.05) is 13.3 Å². The summed E-state index contributed by atoms with van der Waals surface area (Å²) >= 11 is 0. The summed E-state index contributed by atoms with van der Waals surface area (Å²) in [5.41, 5.74) is 0.402. The van der Waals surface area contributed by atoms with Crippen molar-refractivity contribution in [2.45, 2.75) is 26.7 Å². The van der Waals surface area contributed by atoms with Crippen molar-refractivity contribution >= 4 is 11.9 Å². The first-order valence-electron chi connectivity index (χ1n) is 6.25. The maximum absolute atomic E-state index is 10.4. The average Bonchev–Trinajstić information content (AvgIpc) is 2.48. The van der Waals surface area contributed by atoms with Crippen molar-refractivity contribution in [3.05, 3.63) is 37.5 Å². The summed E-state index contributed by atoms with van der Waals surface area (Å²) < 4.78 is 4.67. The summed E-state index contributed by atoms with van der Waals surface area (Å²) in [6.07, 6.45) is 4.33. The van der Waals surface area contributed by atoms with Crippen LogP contribution in [0.2, 0.25) is 0 Å². The Morgan fingerprint density at radius 2 is 1.95 bits per heavy atom. The molecule has 0 aromatic heterocycles. The lowest BCUT2D eigenvalue weighted by molar-refractivity contribution is -0.137. The molecule has 0 saturated heterocycles. The second kappa shape index (κ2) is 19.9. The number of carbonyl (C=O) groups is 2. The van der Waals surface area contributed by atoms with Gasteiger partial charge in [-0.3, -0.25) is 4.79 Å². The number of nitrogens with one attached hydrogen (secondary N) is 1. The second-order valence-electron chi connectivity index (χ2n) is 3.50. The molecule has 0 saturated carbocycles. The first-order chi connectivity index (χ1) is 9.90. The Kier molecular flexibility index (Phi) is 22.5. The van der Waals surface area contributed by atoms with Crippen molar-refractivity contribution in [1.29, 1.82) is 5.26 Å². The fourth-order valence-corrected chi connectivity index (χ4v) is 0.599. The van der Waals surface area contributed by atoms with Crippen LogP contribution in [-0.2, 0) is 14.3 Å². The van der Waals surface area contributed by atoms with Gasteiger partial charge in [0.2, 0.25) is 5.91 Å². The van der Waals surface area contributed by atoms with E-state index in [4.69, 9.17) is 10.4 Å². The summed E-state index contributed by atoms with van der Waals surface area (Å²) in [5, 5.41) is 17.8. The molecule has 0 radical (unpaired) electrons. The van der Waals surface area contributed by atoms with E-state index >= 15 is 0 Å². The minimum atomic E-state index is -0.330. The van der Waals surface area contributed by atoms with Crippen LogP contribution in [0.4, 0.5) is 0 Å². The minimum Gasteiger partial charge on any atom is -0.463 e. The number of hydrogen-bond acceptors (Lipinski definition) is 5. The van der Waals surface area contributed by atoms with Gasteiger partial charge in [0, 0.05) is 17.7 Å². The van der Waals surface area contributed by atoms with Gasteiger partial charge in [0.1, 0.15) is 6.73 Å². The molecular weight excluding hydrogens is 272 g/mol. The van der Waals surface area contributed by atoms with Crippen LogP contribution in [0.25, 0.3) is 0 Å². The van der Waals surface area contributed by atoms with E-state index in [1.807, 2.05) is 6.92 Å². The zero-order valence-corrected chi connectivity index (χ0v) is 12.7. The number of nitriles is 1. The summed E-state index contributed by atoms with van der Waals surface area (Å²) in [6, 6.07) is 1.69. The Morgan fingerprint density at radius 1 is 1.43 bits per heavy atom. The van der Waals surface area contributed by atoms with E-state index in [1.165, 1.54) is 12.2 Å². The highest BCUT2D eigenvalue weighted by molar-refractivity contribution is 5.91. The molecule has 0 heterocycles. The highest BCUT2D eigenvalue weighted by Crippen LogP contribution is 1.88. The van der Waals surface area contributed by atoms with Crippen molar-refractivity contribution in [3.8, 4) is 6.07 Å². The standard InChI is InChI=1S/C7H12O2.C5H9NO2.C3H3N/c1-3-5-6-9-7(8)4-2;1-4(2)5(8)6-3-7;1-2-3-4/h4H,2-3,5-6H2,1H3;7H,1,3H2,2H3,(H,6,8);2H,1H2. The number of allylic oxidation sites excluding steroid dienone is 1. The number of amides is 1. The molecule has 0 aromatic carbocycles. The Labute approximate surface area is 126 Å². The first kappa shape index (κ1) is 23.7. The molecule has 6 heteroatoms. The van der Waals surface area contributed by atoms with Crippen LogP contribution in [-0.4, -0.2) is 30.3 Å². The normalized spacial score (nSPS) is 7.52. The van der Waals surface area contributed by atoms with E-state index in [0.29, 0.717) is 12.2 Å². The zero-order chi connectivity index (χ0) is 17.1. The Bertz CT molecular complexity index is 370. The molecule has 0 aliphatic carbocycles. The van der Waals surface area contributed by atoms with Gasteiger partial charge >= 0.3 is 5.97 Å². The first-order valence-corrected chi connectivity index (χ1v) is 6.25. The van der Waals surface area contributed by atoms with Crippen molar-refractivity contribution in [3.63, 3.8) is 0 Å². The van der Waals surface area contributed by atoms with Crippen molar-refractivity contribution in [2.24, 2.45) is 0 Å². The smallest absolute Gasteiger partial charge is 0.330 e. The largest absolute Gasteiger partial charge is 0.463 e. The van der Waals surface area contributed by atoms with Crippen LogP contribution in [0.3, 0.4) is 0 Å². The summed E-state index contributed by atoms with van der Waals surface area (Å²) in [4.78, 5) is 20.7. The quantitative estimate of drug-likeness (QED) is 0.256. The fraction of sp³-hybridized carbons (Fsp3) is 0.400. The third-order valence-electron chi connectivity index (χ3n) is 1.63. The van der Waals surface area contributed by atoms with E-state index in [-0.39, 0.29) is 18.6 Å². The number of hydrogen-bond donors (Lipinski definition) is 2. The monoisotopic (exact) mass is 296 g/mol. The van der Waals surface area contributed by atoms with Gasteiger partial charge in [-0.15, -0.1) is 0 Å². The van der Waals surface area contributed by atoms with Gasteiger partial charge in [-0.05, 0) is 13.3 Å². The third-order valence-corrected chi connectivity index (χ3v) is 1.63. The molecule has 21 heavy (non-hydrogen) atoms. The van der Waals surface area contributed by atoms with Crippen LogP contribution in [0.1, 0.15) is 26.7 Å². The third kappa shape index (κ3) is 27.0. The topological polar surface area (TPSA) is 99.4 Å². The molecule has 0 spiro atoms. The number of unbranched alkanes of at least 4 members (excludes halogenated alkanes) is 1. The number of aliphatic hydroxyl groups is 1. The Morgan fingerprint density at radius 3 is 2.19 bits per heavy atom. The van der Waals surface area contributed by atoms with Gasteiger partial charge in [0.15, 0.2) is 0 Å². The number of esters is 1. The van der Waals surface area contributed by atoms with E-state index in [1.54, 1.807) is 13.0 Å². The number of rotatable bonds is 6. The van der Waals surface area contributed by atoms with Gasteiger partial charge in [0.05, 0.1) is 12.7 Å². The number of ether oxygens (including phenoxy) is 1. The number of nitrogens with zero attached hydrogens (tertiary/aromatic N) is 1. The van der Waals surface area contributed by atoms with Gasteiger partial charge < -0.3 is 15.2 Å². The van der Waals surface area contributed by atoms with Crippen LogP contribution in [0.15, 0.2) is 37.5 Å². The second-order valence-corrected chi connectivity index (χ2v) is 3.50. The zero-order valence-electron chi connectivity index (χ0n) is 12.7. The summed E-state index contributed by atoms with van der Waals surface area (Å²) in [5.74, 6) is -0.643. The predicted octanol–water partition coefficient (Wildman–Crippen LogP) is 1.84. The molecule has 0 unspecified atom stereocenters. The van der Waals surface area contributed by atoms with E-state index in [2.05, 4.69) is 29.8 Å². The van der Waals surface area contributed by atoms with Crippen LogP contribution >= 0.6 is 0 Å². The molecule has 2 N–H and O–H groups in total. The molecule has 118 valence electrons. The molecule has 0 bridgehead atoms. The Hall–Kier alpha value is -2.39. The maximum atomic E-state index is 10.4. The highest BCUT2D eigenvalue weighted by atomic mass is 16.5. The van der Waals surface area contributed by atoms with Crippen LogP contribution < -0.4 is 5.32 Å². The maximum Gasteiger partial charge on any atom is 0.330 e. The summed E-state index contributed by atoms with van der Waals surface area (Å²) in [7, 11) is 0. The van der Waals surface area contributed by atoms with Crippen LogP contribution in [0, 0.1) is 11.3 Å². The van der Waals surface area contributed by atoms with Gasteiger partial charge in [-0.25, -0.2) is 4.79 Å².